The smallest absolute Gasteiger partial charge is 0.269 e. The minimum atomic E-state index is -0.131. The molecule has 1 amide bonds. The van der Waals surface area contributed by atoms with E-state index in [4.69, 9.17) is 25.6 Å². The Morgan fingerprint density at radius 3 is 2.54 bits per heavy atom. The van der Waals surface area contributed by atoms with Crippen molar-refractivity contribution in [3.05, 3.63) is 53.9 Å². The highest BCUT2D eigenvalue weighted by molar-refractivity contribution is 6.50. The molecule has 0 saturated heterocycles. The predicted octanol–water partition coefficient (Wildman–Crippen LogP) is 4.45. The van der Waals surface area contributed by atoms with Crippen LogP contribution in [0.5, 0.6) is 11.5 Å². The van der Waals surface area contributed by atoms with E-state index < -0.39 is 0 Å². The minimum absolute atomic E-state index is 0.131. The zero-order chi connectivity index (χ0) is 20.1. The number of halogens is 1. The lowest BCUT2D eigenvalue weighted by Gasteiger charge is -2.07. The molecule has 0 aliphatic heterocycles. The molecule has 8 heteroatoms. The third-order valence-corrected chi connectivity index (χ3v) is 4.08. The highest BCUT2D eigenvalue weighted by atomic mass is 35.5. The van der Waals surface area contributed by atoms with Crippen LogP contribution in [0.1, 0.15) is 18.4 Å². The summed E-state index contributed by atoms with van der Waals surface area (Å²) in [5, 5.41) is 6.97. The van der Waals surface area contributed by atoms with Crippen LogP contribution in [0.4, 0.5) is 5.69 Å². The van der Waals surface area contributed by atoms with Gasteiger partial charge in [-0.25, -0.2) is 0 Å². The van der Waals surface area contributed by atoms with E-state index in [9.17, 15) is 4.79 Å². The number of carbonyl (C=O) groups is 1. The fourth-order valence-corrected chi connectivity index (χ4v) is 2.69. The number of nitrogens with zero attached hydrogens (tertiary/aromatic N) is 2. The Bertz CT molecular complexity index is 1010. The molecular weight excluding hydrogens is 382 g/mol. The summed E-state index contributed by atoms with van der Waals surface area (Å²) in [6, 6.07) is 12.5. The van der Waals surface area contributed by atoms with Crippen molar-refractivity contribution in [3.63, 3.8) is 0 Å². The number of hydrogen-bond acceptors (Lipinski definition) is 6. The number of carbonyl (C=O) groups excluding carboxylic acids is 1. The van der Waals surface area contributed by atoms with Crippen molar-refractivity contribution in [3.8, 4) is 22.9 Å². The molecule has 28 heavy (non-hydrogen) atoms. The maximum Gasteiger partial charge on any atom is 0.269 e. The molecule has 0 unspecified atom stereocenters. The van der Waals surface area contributed by atoms with E-state index in [1.54, 1.807) is 50.6 Å². The molecule has 0 aliphatic carbocycles. The molecule has 0 bridgehead atoms. The van der Waals surface area contributed by atoms with Crippen LogP contribution in [-0.4, -0.2) is 30.3 Å². The molecule has 1 aromatic heterocycles. The zero-order valence-corrected chi connectivity index (χ0v) is 16.3. The van der Waals surface area contributed by atoms with Gasteiger partial charge in [0.25, 0.3) is 5.89 Å². The van der Waals surface area contributed by atoms with Gasteiger partial charge >= 0.3 is 0 Å². The monoisotopic (exact) mass is 399 g/mol. The summed E-state index contributed by atoms with van der Waals surface area (Å²) in [5.74, 6) is 1.61. The fourth-order valence-electron chi connectivity index (χ4n) is 2.49. The Kier molecular flexibility index (Phi) is 5.96. The van der Waals surface area contributed by atoms with Crippen molar-refractivity contribution in [2.75, 3.05) is 19.5 Å². The second-order valence-electron chi connectivity index (χ2n) is 5.78. The van der Waals surface area contributed by atoms with Crippen LogP contribution in [0.2, 0.25) is 0 Å². The van der Waals surface area contributed by atoms with Gasteiger partial charge in [-0.2, -0.15) is 4.98 Å². The predicted molar refractivity (Wildman–Crippen MR) is 107 cm³/mol. The van der Waals surface area contributed by atoms with Gasteiger partial charge in [0.15, 0.2) is 0 Å². The van der Waals surface area contributed by atoms with Crippen LogP contribution in [0, 0.1) is 0 Å². The summed E-state index contributed by atoms with van der Waals surface area (Å²) in [6.45, 7) is 1.45. The lowest BCUT2D eigenvalue weighted by molar-refractivity contribution is -0.114. The van der Waals surface area contributed by atoms with E-state index >= 15 is 0 Å². The van der Waals surface area contributed by atoms with E-state index in [0.717, 1.165) is 5.56 Å². The van der Waals surface area contributed by atoms with E-state index in [2.05, 4.69) is 15.5 Å². The van der Waals surface area contributed by atoms with Gasteiger partial charge in [0, 0.05) is 18.7 Å². The first kappa shape index (κ1) is 19.4. The van der Waals surface area contributed by atoms with Gasteiger partial charge in [-0.05, 0) is 35.9 Å². The highest BCUT2D eigenvalue weighted by Crippen LogP contribution is 2.32. The molecule has 7 nitrogen and oxygen atoms in total. The second kappa shape index (κ2) is 8.58. The Balaban J connectivity index is 1.83. The topological polar surface area (TPSA) is 86.5 Å². The van der Waals surface area contributed by atoms with E-state index in [0.29, 0.717) is 33.6 Å². The van der Waals surface area contributed by atoms with Gasteiger partial charge in [-0.3, -0.25) is 4.79 Å². The Morgan fingerprint density at radius 1 is 1.14 bits per heavy atom. The summed E-state index contributed by atoms with van der Waals surface area (Å²) in [6.07, 6.45) is 1.70. The van der Waals surface area contributed by atoms with Crippen molar-refractivity contribution in [2.45, 2.75) is 6.92 Å². The molecule has 0 fully saturated rings. The molecule has 2 aromatic carbocycles. The van der Waals surface area contributed by atoms with Crippen LogP contribution < -0.4 is 14.8 Å². The van der Waals surface area contributed by atoms with Crippen LogP contribution in [0.15, 0.2) is 47.0 Å². The summed E-state index contributed by atoms with van der Waals surface area (Å²) in [5.41, 5.74) is 2.18. The van der Waals surface area contributed by atoms with Gasteiger partial charge in [-0.15, -0.1) is 0 Å². The number of ether oxygens (including phenoxy) is 2. The Hall–Kier alpha value is -3.32. The van der Waals surface area contributed by atoms with Crippen molar-refractivity contribution in [1.82, 2.24) is 10.1 Å². The van der Waals surface area contributed by atoms with Crippen LogP contribution in [0.25, 0.3) is 22.5 Å². The average molecular weight is 400 g/mol. The molecular formula is C20H18ClN3O4. The maximum absolute atomic E-state index is 11.1. The number of nitrogens with one attached hydrogen (secondary N) is 1. The standard InChI is InChI=1S/C20H18ClN3O4/c1-12(25)22-14-6-4-13(5-7-14)10-17(21)20-23-19(24-28-20)16-9-8-15(26-2)11-18(16)27-3/h4-11H,1-3H3,(H,22,25)/b17-10-. The van der Waals surface area contributed by atoms with Gasteiger partial charge in [0.2, 0.25) is 11.7 Å². The molecule has 0 atom stereocenters. The van der Waals surface area contributed by atoms with Crippen LogP contribution in [0.3, 0.4) is 0 Å². The molecule has 1 N–H and O–H groups in total. The minimum Gasteiger partial charge on any atom is -0.497 e. The first-order valence-electron chi connectivity index (χ1n) is 8.31. The number of anilines is 1. The first-order valence-corrected chi connectivity index (χ1v) is 8.69. The lowest BCUT2D eigenvalue weighted by atomic mass is 10.2. The van der Waals surface area contributed by atoms with E-state index in [1.807, 2.05) is 12.1 Å². The third kappa shape index (κ3) is 4.50. The number of rotatable bonds is 6. The highest BCUT2D eigenvalue weighted by Gasteiger charge is 2.16. The number of amides is 1. The number of hydrogen-bond donors (Lipinski definition) is 1. The maximum atomic E-state index is 11.1. The molecule has 0 aliphatic rings. The molecule has 1 heterocycles. The van der Waals surface area contributed by atoms with Crippen LogP contribution >= 0.6 is 11.6 Å². The second-order valence-corrected chi connectivity index (χ2v) is 6.19. The van der Waals surface area contributed by atoms with Gasteiger partial charge < -0.3 is 19.3 Å². The first-order chi connectivity index (χ1) is 13.5. The molecule has 144 valence electrons. The van der Waals surface area contributed by atoms with E-state index in [-0.39, 0.29) is 11.8 Å². The average Bonchev–Trinajstić information content (AvgIpc) is 3.18. The van der Waals surface area contributed by atoms with Gasteiger partial charge in [-0.1, -0.05) is 28.9 Å². The van der Waals surface area contributed by atoms with Crippen molar-refractivity contribution in [2.24, 2.45) is 0 Å². The molecule has 0 radical (unpaired) electrons. The van der Waals surface area contributed by atoms with Crippen molar-refractivity contribution in [1.29, 1.82) is 0 Å². The largest absolute Gasteiger partial charge is 0.497 e. The Morgan fingerprint density at radius 2 is 1.89 bits per heavy atom. The molecule has 0 saturated carbocycles. The van der Waals surface area contributed by atoms with Gasteiger partial charge in [0.1, 0.15) is 16.5 Å². The molecule has 0 spiro atoms. The lowest BCUT2D eigenvalue weighted by Crippen LogP contribution is -2.05. The van der Waals surface area contributed by atoms with Gasteiger partial charge in [0.05, 0.1) is 19.8 Å². The summed E-state index contributed by atoms with van der Waals surface area (Å²) in [4.78, 5) is 15.4. The molecule has 3 rings (SSSR count). The summed E-state index contributed by atoms with van der Waals surface area (Å²) in [7, 11) is 3.13. The third-order valence-electron chi connectivity index (χ3n) is 3.80. The SMILES string of the molecule is COc1ccc(-c2noc(/C(Cl)=C/c3ccc(NC(C)=O)cc3)n2)c(OC)c1. The summed E-state index contributed by atoms with van der Waals surface area (Å²) >= 11 is 6.33. The number of methoxy groups -OCH3 is 2. The normalized spacial score (nSPS) is 11.2. The fraction of sp³-hybridized carbons (Fsp3) is 0.150. The van der Waals surface area contributed by atoms with E-state index in [1.165, 1.54) is 6.92 Å². The molecule has 3 aromatic rings. The quantitative estimate of drug-likeness (QED) is 0.659. The number of aromatic nitrogens is 2. The Labute approximate surface area is 166 Å². The van der Waals surface area contributed by atoms with Crippen LogP contribution in [-0.2, 0) is 4.79 Å². The summed E-state index contributed by atoms with van der Waals surface area (Å²) < 4.78 is 15.8. The van der Waals surface area contributed by atoms with Crippen molar-refractivity contribution < 1.29 is 18.8 Å². The zero-order valence-electron chi connectivity index (χ0n) is 15.5. The number of benzene rings is 2. The van der Waals surface area contributed by atoms with Crippen molar-refractivity contribution >= 4 is 34.3 Å².